The lowest BCUT2D eigenvalue weighted by Crippen LogP contribution is -2.30. The summed E-state index contributed by atoms with van der Waals surface area (Å²) in [5.74, 6) is 0.222. The molecule has 0 aromatic heterocycles. The minimum absolute atomic E-state index is 0.222. The zero-order valence-electron chi connectivity index (χ0n) is 9.87. The fraction of sp³-hybridized carbons (Fsp3) is 0.462. The lowest BCUT2D eigenvalue weighted by molar-refractivity contribution is -0.130. The number of halogens is 1. The van der Waals surface area contributed by atoms with E-state index in [9.17, 15) is 4.79 Å². The normalized spacial score (nSPS) is 10.2. The van der Waals surface area contributed by atoms with Crippen LogP contribution >= 0.6 is 11.6 Å². The van der Waals surface area contributed by atoms with Crippen LogP contribution in [0.2, 0.25) is 5.02 Å². The van der Waals surface area contributed by atoms with Gasteiger partial charge in [0.1, 0.15) is 0 Å². The molecule has 0 N–H and O–H groups in total. The lowest BCUT2D eigenvalue weighted by atomic mass is 10.1. The Bertz CT molecular complexity index is 330. The average Bonchev–Trinajstić information content (AvgIpc) is 2.30. The summed E-state index contributed by atoms with van der Waals surface area (Å²) in [5, 5.41) is 0.735. The van der Waals surface area contributed by atoms with Gasteiger partial charge in [0.05, 0.1) is 0 Å². The molecule has 0 unspecified atom stereocenters. The molecule has 0 aliphatic rings. The Morgan fingerprint density at radius 2 is 1.75 bits per heavy atom. The number of hydrogen-bond acceptors (Lipinski definition) is 1. The molecule has 1 aromatic carbocycles. The Hall–Kier alpha value is -1.02. The van der Waals surface area contributed by atoms with E-state index in [2.05, 4.69) is 0 Å². The van der Waals surface area contributed by atoms with Crippen molar-refractivity contribution in [3.8, 4) is 0 Å². The monoisotopic (exact) mass is 239 g/mol. The smallest absolute Gasteiger partial charge is 0.222 e. The van der Waals surface area contributed by atoms with Crippen LogP contribution in [0.5, 0.6) is 0 Å². The first-order valence-corrected chi connectivity index (χ1v) is 6.07. The first-order valence-electron chi connectivity index (χ1n) is 5.69. The molecule has 1 aromatic rings. The first-order chi connectivity index (χ1) is 7.67. The number of carbonyl (C=O) groups is 1. The molecule has 3 heteroatoms. The van der Waals surface area contributed by atoms with Gasteiger partial charge < -0.3 is 4.90 Å². The van der Waals surface area contributed by atoms with E-state index in [1.807, 2.05) is 43.0 Å². The molecule has 0 fully saturated rings. The Labute approximate surface area is 102 Å². The van der Waals surface area contributed by atoms with E-state index in [0.29, 0.717) is 6.42 Å². The van der Waals surface area contributed by atoms with Crippen LogP contribution in [0.3, 0.4) is 0 Å². The van der Waals surface area contributed by atoms with Gasteiger partial charge in [-0.2, -0.15) is 0 Å². The Balaban J connectivity index is 2.45. The predicted molar refractivity (Wildman–Crippen MR) is 67.7 cm³/mol. The number of nitrogens with zero attached hydrogens (tertiary/aromatic N) is 1. The fourth-order valence-electron chi connectivity index (χ4n) is 1.64. The van der Waals surface area contributed by atoms with Crippen molar-refractivity contribution in [2.75, 3.05) is 13.1 Å². The fourth-order valence-corrected chi connectivity index (χ4v) is 1.76. The average molecular weight is 240 g/mol. The molecule has 0 aliphatic heterocycles. The quantitative estimate of drug-likeness (QED) is 0.773. The van der Waals surface area contributed by atoms with Gasteiger partial charge in [-0.15, -0.1) is 0 Å². The summed E-state index contributed by atoms with van der Waals surface area (Å²) in [7, 11) is 0. The van der Waals surface area contributed by atoms with Gasteiger partial charge in [0.15, 0.2) is 0 Å². The third-order valence-corrected chi connectivity index (χ3v) is 2.91. The van der Waals surface area contributed by atoms with E-state index in [0.717, 1.165) is 30.1 Å². The van der Waals surface area contributed by atoms with Crippen molar-refractivity contribution in [3.05, 3.63) is 34.9 Å². The highest BCUT2D eigenvalue weighted by atomic mass is 35.5. The zero-order valence-corrected chi connectivity index (χ0v) is 10.6. The summed E-state index contributed by atoms with van der Waals surface area (Å²) in [6.07, 6.45) is 1.36. The summed E-state index contributed by atoms with van der Waals surface area (Å²) in [6.45, 7) is 5.58. The van der Waals surface area contributed by atoms with Crippen molar-refractivity contribution < 1.29 is 4.79 Å². The number of amides is 1. The predicted octanol–water partition coefficient (Wildman–Crippen LogP) is 3.14. The molecule has 0 atom stereocenters. The number of rotatable bonds is 5. The van der Waals surface area contributed by atoms with E-state index in [1.54, 1.807) is 0 Å². The van der Waals surface area contributed by atoms with Gasteiger partial charge >= 0.3 is 0 Å². The van der Waals surface area contributed by atoms with Gasteiger partial charge in [-0.3, -0.25) is 4.79 Å². The topological polar surface area (TPSA) is 20.3 Å². The van der Waals surface area contributed by atoms with E-state index >= 15 is 0 Å². The molecule has 1 amide bonds. The third-order valence-electron chi connectivity index (χ3n) is 2.66. The van der Waals surface area contributed by atoms with Crippen LogP contribution < -0.4 is 0 Å². The highest BCUT2D eigenvalue weighted by Crippen LogP contribution is 2.11. The highest BCUT2D eigenvalue weighted by molar-refractivity contribution is 6.30. The summed E-state index contributed by atoms with van der Waals surface area (Å²) >= 11 is 5.79. The maximum atomic E-state index is 11.7. The van der Waals surface area contributed by atoms with Crippen LogP contribution in [0.1, 0.15) is 25.8 Å². The van der Waals surface area contributed by atoms with Crippen molar-refractivity contribution in [3.63, 3.8) is 0 Å². The van der Waals surface area contributed by atoms with Crippen molar-refractivity contribution >= 4 is 17.5 Å². The molecule has 0 bridgehead atoms. The molecule has 2 nitrogen and oxygen atoms in total. The third kappa shape index (κ3) is 3.86. The highest BCUT2D eigenvalue weighted by Gasteiger charge is 2.08. The second kappa shape index (κ2) is 6.54. The second-order valence-electron chi connectivity index (χ2n) is 3.69. The number of aryl methyl sites for hydroxylation is 1. The van der Waals surface area contributed by atoms with Crippen molar-refractivity contribution in [1.82, 2.24) is 4.90 Å². The van der Waals surface area contributed by atoms with Crippen LogP contribution in [0.4, 0.5) is 0 Å². The summed E-state index contributed by atoms with van der Waals surface area (Å²) < 4.78 is 0. The van der Waals surface area contributed by atoms with Crippen molar-refractivity contribution in [1.29, 1.82) is 0 Å². The summed E-state index contributed by atoms with van der Waals surface area (Å²) in [4.78, 5) is 13.6. The molecule has 1 rings (SSSR count). The SMILES string of the molecule is CCN(CC)C(=O)CCc1ccc(Cl)cc1. The van der Waals surface area contributed by atoms with Crippen LogP contribution in [0.25, 0.3) is 0 Å². The van der Waals surface area contributed by atoms with Gasteiger partial charge in [-0.25, -0.2) is 0 Å². The molecule has 0 saturated carbocycles. The summed E-state index contributed by atoms with van der Waals surface area (Å²) in [5.41, 5.74) is 1.16. The van der Waals surface area contributed by atoms with Gasteiger partial charge in [-0.05, 0) is 38.0 Å². The molecule has 0 radical (unpaired) electrons. The van der Waals surface area contributed by atoms with Crippen LogP contribution in [-0.2, 0) is 11.2 Å². The molecule has 0 aliphatic carbocycles. The van der Waals surface area contributed by atoms with Gasteiger partial charge in [-0.1, -0.05) is 23.7 Å². The van der Waals surface area contributed by atoms with E-state index < -0.39 is 0 Å². The number of hydrogen-bond donors (Lipinski definition) is 0. The Morgan fingerprint density at radius 3 is 2.25 bits per heavy atom. The maximum absolute atomic E-state index is 11.7. The van der Waals surface area contributed by atoms with Crippen molar-refractivity contribution in [2.24, 2.45) is 0 Å². The second-order valence-corrected chi connectivity index (χ2v) is 4.13. The van der Waals surface area contributed by atoms with Crippen LogP contribution in [0, 0.1) is 0 Å². The molecule has 0 heterocycles. The number of carbonyl (C=O) groups excluding carboxylic acids is 1. The molecular weight excluding hydrogens is 222 g/mol. The molecular formula is C13H18ClNO. The summed E-state index contributed by atoms with van der Waals surface area (Å²) in [6, 6.07) is 7.66. The largest absolute Gasteiger partial charge is 0.343 e. The molecule has 88 valence electrons. The van der Waals surface area contributed by atoms with Crippen molar-refractivity contribution in [2.45, 2.75) is 26.7 Å². The van der Waals surface area contributed by atoms with E-state index in [-0.39, 0.29) is 5.91 Å². The molecule has 0 spiro atoms. The van der Waals surface area contributed by atoms with E-state index in [4.69, 9.17) is 11.6 Å². The Kier molecular flexibility index (Phi) is 5.33. The number of benzene rings is 1. The van der Waals surface area contributed by atoms with Gasteiger partial charge in [0, 0.05) is 24.5 Å². The standard InChI is InChI=1S/C13H18ClNO/c1-3-15(4-2)13(16)10-7-11-5-8-12(14)9-6-11/h5-6,8-9H,3-4,7,10H2,1-2H3. The van der Waals surface area contributed by atoms with Crippen LogP contribution in [0.15, 0.2) is 24.3 Å². The zero-order chi connectivity index (χ0) is 12.0. The lowest BCUT2D eigenvalue weighted by Gasteiger charge is -2.18. The van der Waals surface area contributed by atoms with Crippen LogP contribution in [-0.4, -0.2) is 23.9 Å². The first kappa shape index (κ1) is 13.0. The maximum Gasteiger partial charge on any atom is 0.222 e. The molecule has 16 heavy (non-hydrogen) atoms. The minimum Gasteiger partial charge on any atom is -0.343 e. The van der Waals surface area contributed by atoms with E-state index in [1.165, 1.54) is 0 Å². The van der Waals surface area contributed by atoms with Gasteiger partial charge in [0.2, 0.25) is 5.91 Å². The Morgan fingerprint density at radius 1 is 1.19 bits per heavy atom. The minimum atomic E-state index is 0.222. The molecule has 0 saturated heterocycles. The van der Waals surface area contributed by atoms with Gasteiger partial charge in [0.25, 0.3) is 0 Å².